The standard InChI is InChI=1S/C31H50N2O11/c34-30-28-3-1-2-4-29(28)31(35)33(30)9-10-36-11-12-37-13-14-38-15-16-39-17-18-40-19-20-41-21-22-42-23-24-43-25-26-44-27-5-7-32-8-6-27/h1-4,27,32H,5-26H2. The van der Waals surface area contributed by atoms with Gasteiger partial charge in [0.25, 0.3) is 11.8 Å². The van der Waals surface area contributed by atoms with Crippen LogP contribution >= 0.6 is 0 Å². The minimum absolute atomic E-state index is 0.219. The number of piperidine rings is 1. The average Bonchev–Trinajstić information content (AvgIpc) is 3.29. The van der Waals surface area contributed by atoms with Crippen LogP contribution in [0.3, 0.4) is 0 Å². The van der Waals surface area contributed by atoms with Gasteiger partial charge >= 0.3 is 0 Å². The topological polar surface area (TPSA) is 132 Å². The first-order valence-corrected chi connectivity index (χ1v) is 15.7. The number of carbonyl (C=O) groups excluding carboxylic acids is 2. The van der Waals surface area contributed by atoms with Crippen molar-refractivity contribution in [2.45, 2.75) is 18.9 Å². The minimum atomic E-state index is -0.274. The predicted octanol–water partition coefficient (Wildman–Crippen LogP) is 1.18. The molecule has 1 fully saturated rings. The summed E-state index contributed by atoms with van der Waals surface area (Å²) in [4.78, 5) is 25.8. The van der Waals surface area contributed by atoms with Crippen LogP contribution in [0, 0.1) is 0 Å². The molecule has 2 aliphatic heterocycles. The van der Waals surface area contributed by atoms with Gasteiger partial charge in [-0.25, -0.2) is 0 Å². The largest absolute Gasteiger partial charge is 0.377 e. The molecule has 13 heteroatoms. The molecule has 0 saturated carbocycles. The lowest BCUT2D eigenvalue weighted by Gasteiger charge is -2.22. The Bertz CT molecular complexity index is 866. The number of nitrogens with one attached hydrogen (secondary N) is 1. The molecule has 1 saturated heterocycles. The third-order valence-electron chi connectivity index (χ3n) is 6.81. The van der Waals surface area contributed by atoms with Crippen molar-refractivity contribution in [3.8, 4) is 0 Å². The molecule has 0 atom stereocenters. The second kappa shape index (κ2) is 24.2. The summed E-state index contributed by atoms with van der Waals surface area (Å²) in [5.74, 6) is -0.548. The summed E-state index contributed by atoms with van der Waals surface area (Å²) in [7, 11) is 0. The fraction of sp³-hybridized carbons (Fsp3) is 0.742. The maximum atomic E-state index is 12.3. The van der Waals surface area contributed by atoms with E-state index < -0.39 is 0 Å². The van der Waals surface area contributed by atoms with E-state index in [4.69, 9.17) is 42.6 Å². The number of rotatable bonds is 28. The van der Waals surface area contributed by atoms with Crippen molar-refractivity contribution in [3.05, 3.63) is 35.4 Å². The van der Waals surface area contributed by atoms with E-state index in [1.807, 2.05) is 0 Å². The summed E-state index contributed by atoms with van der Waals surface area (Å²) in [6, 6.07) is 6.83. The van der Waals surface area contributed by atoms with Gasteiger partial charge in [-0.1, -0.05) is 12.1 Å². The summed E-state index contributed by atoms with van der Waals surface area (Å²) >= 11 is 0. The second-order valence-corrected chi connectivity index (χ2v) is 10.0. The maximum Gasteiger partial charge on any atom is 0.261 e. The van der Waals surface area contributed by atoms with E-state index in [2.05, 4.69) is 5.32 Å². The van der Waals surface area contributed by atoms with Crippen molar-refractivity contribution in [2.24, 2.45) is 0 Å². The van der Waals surface area contributed by atoms with Crippen molar-refractivity contribution >= 4 is 11.8 Å². The molecule has 1 aromatic carbocycles. The fourth-order valence-corrected chi connectivity index (χ4v) is 4.48. The highest BCUT2D eigenvalue weighted by atomic mass is 16.6. The quantitative estimate of drug-likeness (QED) is 0.106. The Morgan fingerprint density at radius 2 is 0.864 bits per heavy atom. The number of hydrogen-bond donors (Lipinski definition) is 1. The van der Waals surface area contributed by atoms with Crippen LogP contribution in [0.15, 0.2) is 24.3 Å². The summed E-state index contributed by atoms with van der Waals surface area (Å²) in [5.41, 5.74) is 0.891. The molecular formula is C31H50N2O11. The van der Waals surface area contributed by atoms with Gasteiger partial charge in [-0.3, -0.25) is 14.5 Å². The highest BCUT2D eigenvalue weighted by molar-refractivity contribution is 6.21. The lowest BCUT2D eigenvalue weighted by Crippen LogP contribution is -2.33. The lowest BCUT2D eigenvalue weighted by molar-refractivity contribution is -0.0318. The highest BCUT2D eigenvalue weighted by Crippen LogP contribution is 2.21. The molecule has 44 heavy (non-hydrogen) atoms. The zero-order chi connectivity index (χ0) is 30.9. The second-order valence-electron chi connectivity index (χ2n) is 10.0. The molecule has 3 rings (SSSR count). The van der Waals surface area contributed by atoms with Crippen LogP contribution in [-0.4, -0.2) is 155 Å². The first-order valence-electron chi connectivity index (χ1n) is 15.7. The molecule has 2 heterocycles. The molecule has 0 unspecified atom stereocenters. The Balaban J connectivity index is 0.943. The number of fused-ring (bicyclic) bond motifs is 1. The zero-order valence-electron chi connectivity index (χ0n) is 25.9. The van der Waals surface area contributed by atoms with Gasteiger partial charge in [0, 0.05) is 0 Å². The minimum Gasteiger partial charge on any atom is -0.377 e. The van der Waals surface area contributed by atoms with E-state index in [9.17, 15) is 9.59 Å². The summed E-state index contributed by atoms with van der Waals surface area (Å²) < 4.78 is 49.7. The van der Waals surface area contributed by atoms with Gasteiger partial charge in [-0.15, -0.1) is 0 Å². The molecule has 1 N–H and O–H groups in total. The molecule has 13 nitrogen and oxygen atoms in total. The van der Waals surface area contributed by atoms with Crippen molar-refractivity contribution < 1.29 is 52.2 Å². The van der Waals surface area contributed by atoms with Crippen molar-refractivity contribution in [1.29, 1.82) is 0 Å². The number of carbonyl (C=O) groups is 2. The summed E-state index contributed by atoms with van der Waals surface area (Å²) in [6.07, 6.45) is 2.51. The number of hydrogen-bond acceptors (Lipinski definition) is 12. The summed E-state index contributed by atoms with van der Waals surface area (Å²) in [6.45, 7) is 10.5. The van der Waals surface area contributed by atoms with Crippen LogP contribution in [0.25, 0.3) is 0 Å². The van der Waals surface area contributed by atoms with Crippen molar-refractivity contribution in [2.75, 3.05) is 132 Å². The Morgan fingerprint density at radius 3 is 1.25 bits per heavy atom. The van der Waals surface area contributed by atoms with E-state index in [0.717, 1.165) is 25.9 Å². The number of benzene rings is 1. The monoisotopic (exact) mass is 626 g/mol. The highest BCUT2D eigenvalue weighted by Gasteiger charge is 2.34. The molecule has 0 aromatic heterocycles. The van der Waals surface area contributed by atoms with Crippen LogP contribution in [0.5, 0.6) is 0 Å². The van der Waals surface area contributed by atoms with Gasteiger partial charge in [0.2, 0.25) is 0 Å². The molecule has 0 aliphatic carbocycles. The Hall–Kier alpha value is -2.04. The van der Waals surface area contributed by atoms with Gasteiger partial charge in [-0.2, -0.15) is 0 Å². The summed E-state index contributed by atoms with van der Waals surface area (Å²) in [5, 5.41) is 3.32. The van der Waals surface area contributed by atoms with Gasteiger partial charge in [0.05, 0.1) is 136 Å². The number of amides is 2. The van der Waals surface area contributed by atoms with Crippen LogP contribution in [-0.2, 0) is 42.6 Å². The first kappa shape index (κ1) is 36.4. The third kappa shape index (κ3) is 15.3. The fourth-order valence-electron chi connectivity index (χ4n) is 4.48. The first-order chi connectivity index (χ1) is 21.8. The molecule has 0 spiro atoms. The molecule has 0 bridgehead atoms. The van der Waals surface area contributed by atoms with Crippen LogP contribution in [0.4, 0.5) is 0 Å². The van der Waals surface area contributed by atoms with E-state index in [-0.39, 0.29) is 25.0 Å². The average molecular weight is 627 g/mol. The molecule has 1 aromatic rings. The lowest BCUT2D eigenvalue weighted by atomic mass is 10.1. The van der Waals surface area contributed by atoms with Gasteiger partial charge < -0.3 is 47.9 Å². The van der Waals surface area contributed by atoms with Gasteiger partial charge in [0.15, 0.2) is 0 Å². The van der Waals surface area contributed by atoms with Crippen LogP contribution < -0.4 is 5.32 Å². The molecule has 2 aliphatic rings. The Morgan fingerprint density at radius 1 is 0.523 bits per heavy atom. The Kier molecular flexibility index (Phi) is 20.1. The van der Waals surface area contributed by atoms with Crippen LogP contribution in [0.1, 0.15) is 33.6 Å². The molecule has 2 amide bonds. The van der Waals surface area contributed by atoms with E-state index in [1.165, 1.54) is 4.90 Å². The van der Waals surface area contributed by atoms with Gasteiger partial charge in [-0.05, 0) is 38.1 Å². The predicted molar refractivity (Wildman–Crippen MR) is 160 cm³/mol. The van der Waals surface area contributed by atoms with Crippen molar-refractivity contribution in [1.82, 2.24) is 10.2 Å². The molecular weight excluding hydrogens is 576 g/mol. The van der Waals surface area contributed by atoms with E-state index in [0.29, 0.717) is 123 Å². The molecule has 0 radical (unpaired) electrons. The SMILES string of the molecule is O=C1c2ccccc2C(=O)N1CCOCCOCCOCCOCCOCCOCCOCCOCCOC1CCNCC1. The van der Waals surface area contributed by atoms with Crippen LogP contribution in [0.2, 0.25) is 0 Å². The number of ether oxygens (including phenoxy) is 9. The van der Waals surface area contributed by atoms with E-state index in [1.54, 1.807) is 24.3 Å². The zero-order valence-corrected chi connectivity index (χ0v) is 25.9. The maximum absolute atomic E-state index is 12.3. The normalized spacial score (nSPS) is 15.4. The smallest absolute Gasteiger partial charge is 0.261 e. The van der Waals surface area contributed by atoms with E-state index >= 15 is 0 Å². The molecule has 250 valence electrons. The van der Waals surface area contributed by atoms with Crippen molar-refractivity contribution in [3.63, 3.8) is 0 Å². The third-order valence-corrected chi connectivity index (χ3v) is 6.81. The number of imide groups is 1. The van der Waals surface area contributed by atoms with Gasteiger partial charge in [0.1, 0.15) is 0 Å². The number of nitrogens with zero attached hydrogens (tertiary/aromatic N) is 1. The Labute approximate surface area is 260 Å².